The summed E-state index contributed by atoms with van der Waals surface area (Å²) in [6, 6.07) is 16.8. The van der Waals surface area contributed by atoms with E-state index < -0.39 is 0 Å². The molecule has 2 aromatic carbocycles. The zero-order chi connectivity index (χ0) is 15.4. The van der Waals surface area contributed by atoms with Gasteiger partial charge in [-0.15, -0.1) is 12.8 Å². The summed E-state index contributed by atoms with van der Waals surface area (Å²) in [4.78, 5) is 0. The lowest BCUT2D eigenvalue weighted by atomic mass is 10.0. The Labute approximate surface area is 123 Å². The van der Waals surface area contributed by atoms with Crippen molar-refractivity contribution in [2.75, 3.05) is 6.61 Å². The van der Waals surface area contributed by atoms with Crippen LogP contribution in [0, 0.1) is 19.8 Å². The molecule has 106 valence electrons. The van der Waals surface area contributed by atoms with Gasteiger partial charge in [0.15, 0.2) is 0 Å². The number of aryl methyl sites for hydroxylation is 1. The van der Waals surface area contributed by atoms with Crippen molar-refractivity contribution in [1.29, 1.82) is 0 Å². The first-order chi connectivity index (χ1) is 9.79. The summed E-state index contributed by atoms with van der Waals surface area (Å²) in [6.07, 6.45) is 8.00. The summed E-state index contributed by atoms with van der Waals surface area (Å²) in [5.41, 5.74) is 3.76. The van der Waals surface area contributed by atoms with Gasteiger partial charge < -0.3 is 4.74 Å². The van der Waals surface area contributed by atoms with Crippen LogP contribution in [0.25, 0.3) is 11.1 Å². The van der Waals surface area contributed by atoms with Crippen LogP contribution in [0.2, 0.25) is 0 Å². The Kier molecular flexibility index (Phi) is 9.52. The van der Waals surface area contributed by atoms with Crippen LogP contribution in [-0.4, -0.2) is 6.61 Å². The summed E-state index contributed by atoms with van der Waals surface area (Å²) in [5.74, 6) is 0.929. The molecule has 0 saturated carbocycles. The van der Waals surface area contributed by atoms with Crippen molar-refractivity contribution in [3.05, 3.63) is 54.1 Å². The highest BCUT2D eigenvalue weighted by Gasteiger charge is 1.97. The molecule has 0 N–H and O–H groups in total. The van der Waals surface area contributed by atoms with Gasteiger partial charge in [0, 0.05) is 0 Å². The van der Waals surface area contributed by atoms with Crippen molar-refractivity contribution in [1.82, 2.24) is 0 Å². The van der Waals surface area contributed by atoms with Gasteiger partial charge in [-0.05, 0) is 37.1 Å². The van der Waals surface area contributed by atoms with Crippen LogP contribution in [-0.2, 0) is 0 Å². The molecule has 0 aliphatic carbocycles. The van der Waals surface area contributed by atoms with Gasteiger partial charge >= 0.3 is 0 Å². The van der Waals surface area contributed by atoms with E-state index in [0.717, 1.165) is 5.75 Å². The van der Waals surface area contributed by atoms with E-state index >= 15 is 0 Å². The predicted octanol–water partition coefficient (Wildman–Crippen LogP) is 5.34. The van der Waals surface area contributed by atoms with Crippen molar-refractivity contribution in [2.24, 2.45) is 0 Å². The quantitative estimate of drug-likeness (QED) is 0.683. The number of rotatable bonds is 3. The van der Waals surface area contributed by atoms with Gasteiger partial charge in [0.25, 0.3) is 0 Å². The Balaban J connectivity index is 0.000000829. The zero-order valence-electron chi connectivity index (χ0n) is 12.9. The summed E-state index contributed by atoms with van der Waals surface area (Å²) in [5, 5.41) is 0. The average molecular weight is 268 g/mol. The van der Waals surface area contributed by atoms with E-state index in [1.807, 2.05) is 32.9 Å². The fraction of sp³-hybridized carbons (Fsp3) is 0.263. The molecule has 0 amide bonds. The minimum Gasteiger partial charge on any atom is -0.494 e. The van der Waals surface area contributed by atoms with Gasteiger partial charge in [-0.1, -0.05) is 55.8 Å². The largest absolute Gasteiger partial charge is 0.494 e. The Bertz CT molecular complexity index is 477. The molecule has 20 heavy (non-hydrogen) atoms. The first-order valence-electron chi connectivity index (χ1n) is 6.93. The van der Waals surface area contributed by atoms with E-state index in [2.05, 4.69) is 56.2 Å². The molecule has 0 bridgehead atoms. The molecule has 1 nitrogen and oxygen atoms in total. The lowest BCUT2D eigenvalue weighted by molar-refractivity contribution is 0.340. The minimum absolute atomic E-state index is 0.712. The smallest absolute Gasteiger partial charge is 0.119 e. The molecule has 0 spiro atoms. The Hall–Kier alpha value is -2.20. The summed E-state index contributed by atoms with van der Waals surface area (Å²) in [6.45, 7) is 8.81. The van der Waals surface area contributed by atoms with E-state index in [4.69, 9.17) is 4.74 Å². The van der Waals surface area contributed by atoms with Gasteiger partial charge in [-0.25, -0.2) is 0 Å². The number of ether oxygens (including phenoxy) is 1. The lowest BCUT2D eigenvalue weighted by Crippen LogP contribution is -1.90. The maximum absolute atomic E-state index is 5.42. The van der Waals surface area contributed by atoms with E-state index in [1.54, 1.807) is 0 Å². The maximum atomic E-state index is 5.42. The van der Waals surface area contributed by atoms with E-state index in [1.165, 1.54) is 16.7 Å². The Morgan fingerprint density at radius 1 is 0.800 bits per heavy atom. The molecule has 0 aliphatic rings. The second kappa shape index (κ2) is 10.7. The molecule has 2 rings (SSSR count). The Morgan fingerprint density at radius 3 is 1.60 bits per heavy atom. The molecule has 0 saturated heterocycles. The van der Waals surface area contributed by atoms with Gasteiger partial charge in [0.2, 0.25) is 0 Å². The van der Waals surface area contributed by atoms with Gasteiger partial charge in [0.1, 0.15) is 5.75 Å². The number of hydrogen-bond acceptors (Lipinski definition) is 1. The number of hydrogen-bond donors (Lipinski definition) is 0. The highest BCUT2D eigenvalue weighted by Crippen LogP contribution is 2.22. The summed E-state index contributed by atoms with van der Waals surface area (Å²) < 4.78 is 5.42. The molecule has 0 radical (unpaired) electrons. The van der Waals surface area contributed by atoms with Crippen LogP contribution in [0.1, 0.15) is 26.3 Å². The highest BCUT2D eigenvalue weighted by atomic mass is 16.5. The second-order valence-electron chi connectivity index (χ2n) is 3.82. The average Bonchev–Trinajstić information content (AvgIpc) is 2.53. The molecule has 0 atom stereocenters. The first kappa shape index (κ1) is 17.8. The number of terminal acetylenes is 1. The standard InChI is InChI=1S/C15H16O.C2H6.C2H2/c1-3-16-15-10-8-14(9-11-15)13-6-4-12(2)5-7-13;2*1-2/h4-11H,3H2,1-2H3;1-2H3;1-2H. The van der Waals surface area contributed by atoms with Gasteiger partial charge in [-0.3, -0.25) is 0 Å². The SMILES string of the molecule is C#C.CC.CCOc1ccc(-c2ccc(C)cc2)cc1. The topological polar surface area (TPSA) is 9.23 Å². The molecule has 0 fully saturated rings. The zero-order valence-corrected chi connectivity index (χ0v) is 12.9. The predicted molar refractivity (Wildman–Crippen MR) is 89.0 cm³/mol. The van der Waals surface area contributed by atoms with Gasteiger partial charge in [-0.2, -0.15) is 0 Å². The lowest BCUT2D eigenvalue weighted by Gasteiger charge is -2.05. The van der Waals surface area contributed by atoms with Crippen molar-refractivity contribution in [3.63, 3.8) is 0 Å². The minimum atomic E-state index is 0.712. The first-order valence-corrected chi connectivity index (χ1v) is 6.93. The number of benzene rings is 2. The third-order valence-electron chi connectivity index (χ3n) is 2.55. The van der Waals surface area contributed by atoms with E-state index in [-0.39, 0.29) is 0 Å². The molecular formula is C19H24O. The fourth-order valence-corrected chi connectivity index (χ4v) is 1.66. The molecule has 0 aliphatic heterocycles. The van der Waals surface area contributed by atoms with Crippen LogP contribution in [0.5, 0.6) is 5.75 Å². The van der Waals surface area contributed by atoms with E-state index in [0.29, 0.717) is 6.61 Å². The molecule has 2 aromatic rings. The summed E-state index contributed by atoms with van der Waals surface area (Å²) >= 11 is 0. The van der Waals surface area contributed by atoms with Crippen molar-refractivity contribution < 1.29 is 4.74 Å². The molecular weight excluding hydrogens is 244 g/mol. The second-order valence-corrected chi connectivity index (χ2v) is 3.82. The highest BCUT2D eigenvalue weighted by molar-refractivity contribution is 5.64. The normalized spacial score (nSPS) is 8.50. The molecule has 1 heteroatoms. The molecule has 0 heterocycles. The van der Waals surface area contributed by atoms with E-state index in [9.17, 15) is 0 Å². The van der Waals surface area contributed by atoms with Crippen molar-refractivity contribution in [3.8, 4) is 29.7 Å². The van der Waals surface area contributed by atoms with Crippen LogP contribution in [0.3, 0.4) is 0 Å². The third kappa shape index (κ3) is 5.63. The summed E-state index contributed by atoms with van der Waals surface area (Å²) in [7, 11) is 0. The van der Waals surface area contributed by atoms with Crippen molar-refractivity contribution >= 4 is 0 Å². The fourth-order valence-electron chi connectivity index (χ4n) is 1.66. The monoisotopic (exact) mass is 268 g/mol. The van der Waals surface area contributed by atoms with Crippen LogP contribution in [0.15, 0.2) is 48.5 Å². The van der Waals surface area contributed by atoms with Crippen LogP contribution >= 0.6 is 0 Å². The third-order valence-corrected chi connectivity index (χ3v) is 2.55. The molecule has 0 aromatic heterocycles. The molecule has 0 unspecified atom stereocenters. The van der Waals surface area contributed by atoms with Gasteiger partial charge in [0.05, 0.1) is 6.61 Å². The Morgan fingerprint density at radius 2 is 1.20 bits per heavy atom. The maximum Gasteiger partial charge on any atom is 0.119 e. The van der Waals surface area contributed by atoms with Crippen LogP contribution in [0.4, 0.5) is 0 Å². The van der Waals surface area contributed by atoms with Crippen LogP contribution < -0.4 is 4.74 Å². The van der Waals surface area contributed by atoms with Crippen molar-refractivity contribution in [2.45, 2.75) is 27.7 Å².